The molecule has 8 nitrogen and oxygen atoms in total. The number of ether oxygens (including phenoxy) is 1. The molecular formula is C19H18N4O4. The van der Waals surface area contributed by atoms with E-state index in [0.29, 0.717) is 39.6 Å². The van der Waals surface area contributed by atoms with Gasteiger partial charge in [0.1, 0.15) is 0 Å². The molecule has 0 saturated heterocycles. The van der Waals surface area contributed by atoms with Crippen LogP contribution in [0.15, 0.2) is 34.9 Å². The third kappa shape index (κ3) is 3.46. The number of fused-ring (bicyclic) bond motifs is 1. The first-order valence-corrected chi connectivity index (χ1v) is 8.58. The van der Waals surface area contributed by atoms with Gasteiger partial charge in [-0.1, -0.05) is 11.2 Å². The maximum absolute atomic E-state index is 12.9. The monoisotopic (exact) mass is 366 g/mol. The average Bonchev–Trinajstić information content (AvgIpc) is 3.45. The lowest BCUT2D eigenvalue weighted by atomic mass is 10.1. The molecule has 2 aromatic heterocycles. The average molecular weight is 366 g/mol. The molecule has 1 fully saturated rings. The Labute approximate surface area is 154 Å². The fourth-order valence-electron chi connectivity index (χ4n) is 2.92. The first-order valence-electron chi connectivity index (χ1n) is 8.58. The number of aryl methyl sites for hydroxylation is 1. The second kappa shape index (κ2) is 6.71. The number of nitrogens with one attached hydrogen (secondary N) is 2. The summed E-state index contributed by atoms with van der Waals surface area (Å²) in [6.45, 7) is 1.78. The van der Waals surface area contributed by atoms with Crippen LogP contribution in [0.4, 0.5) is 16.2 Å². The predicted molar refractivity (Wildman–Crippen MR) is 98.9 cm³/mol. The van der Waals surface area contributed by atoms with Crippen molar-refractivity contribution < 1.29 is 18.8 Å². The number of carbonyl (C=O) groups is 2. The highest BCUT2D eigenvalue weighted by atomic mass is 16.5. The van der Waals surface area contributed by atoms with Crippen LogP contribution in [-0.4, -0.2) is 29.3 Å². The third-order valence-corrected chi connectivity index (χ3v) is 4.43. The van der Waals surface area contributed by atoms with Crippen LogP contribution in [0.1, 0.15) is 40.5 Å². The molecule has 0 spiro atoms. The number of amides is 2. The lowest BCUT2D eigenvalue weighted by molar-refractivity contribution is 0.102. The summed E-state index contributed by atoms with van der Waals surface area (Å²) < 4.78 is 9.86. The SMILES string of the molecule is COC(=O)Nc1cccc(NC(=O)c2cc(C3CC3)nc3onc(C)c23)c1. The summed E-state index contributed by atoms with van der Waals surface area (Å²) in [5.74, 6) is 0.0877. The largest absolute Gasteiger partial charge is 0.453 e. The number of carbonyl (C=O) groups excluding carboxylic acids is 2. The lowest BCUT2D eigenvalue weighted by Crippen LogP contribution is -2.14. The van der Waals surface area contributed by atoms with Gasteiger partial charge in [-0.15, -0.1) is 0 Å². The molecule has 2 amide bonds. The number of benzene rings is 1. The van der Waals surface area contributed by atoms with E-state index in [-0.39, 0.29) is 5.91 Å². The van der Waals surface area contributed by atoms with Crippen LogP contribution < -0.4 is 10.6 Å². The molecule has 27 heavy (non-hydrogen) atoms. The van der Waals surface area contributed by atoms with E-state index in [1.165, 1.54) is 7.11 Å². The van der Waals surface area contributed by atoms with Crippen LogP contribution in [0.3, 0.4) is 0 Å². The van der Waals surface area contributed by atoms with E-state index in [2.05, 4.69) is 25.5 Å². The summed E-state index contributed by atoms with van der Waals surface area (Å²) in [6.07, 6.45) is 1.55. The maximum atomic E-state index is 12.9. The molecular weight excluding hydrogens is 348 g/mol. The van der Waals surface area contributed by atoms with Gasteiger partial charge in [0.15, 0.2) is 0 Å². The second-order valence-corrected chi connectivity index (χ2v) is 6.47. The smallest absolute Gasteiger partial charge is 0.411 e. The minimum atomic E-state index is -0.580. The Bertz CT molecular complexity index is 1040. The first kappa shape index (κ1) is 17.0. The van der Waals surface area contributed by atoms with Gasteiger partial charge in [-0.25, -0.2) is 9.78 Å². The van der Waals surface area contributed by atoms with Crippen LogP contribution in [0, 0.1) is 6.92 Å². The van der Waals surface area contributed by atoms with E-state index in [4.69, 9.17) is 4.52 Å². The zero-order chi connectivity index (χ0) is 19.0. The molecule has 0 atom stereocenters. The number of rotatable bonds is 4. The molecule has 0 radical (unpaired) electrons. The molecule has 0 aliphatic heterocycles. The quantitative estimate of drug-likeness (QED) is 0.726. The van der Waals surface area contributed by atoms with Crippen molar-refractivity contribution in [1.82, 2.24) is 10.1 Å². The van der Waals surface area contributed by atoms with Crippen LogP contribution in [0.2, 0.25) is 0 Å². The van der Waals surface area contributed by atoms with Crippen molar-refractivity contribution in [2.45, 2.75) is 25.7 Å². The van der Waals surface area contributed by atoms with Gasteiger partial charge in [0.25, 0.3) is 11.6 Å². The van der Waals surface area contributed by atoms with E-state index < -0.39 is 6.09 Å². The van der Waals surface area contributed by atoms with E-state index in [9.17, 15) is 9.59 Å². The summed E-state index contributed by atoms with van der Waals surface area (Å²) in [5.41, 5.74) is 3.38. The van der Waals surface area contributed by atoms with Crippen LogP contribution >= 0.6 is 0 Å². The Kier molecular flexibility index (Phi) is 4.23. The molecule has 1 aliphatic carbocycles. The van der Waals surface area contributed by atoms with Gasteiger partial charge in [0, 0.05) is 23.0 Å². The highest BCUT2D eigenvalue weighted by Crippen LogP contribution is 2.40. The zero-order valence-corrected chi connectivity index (χ0v) is 14.9. The fourth-order valence-corrected chi connectivity index (χ4v) is 2.92. The van der Waals surface area contributed by atoms with Crippen molar-refractivity contribution in [2.24, 2.45) is 0 Å². The van der Waals surface area contributed by atoms with E-state index in [1.807, 2.05) is 6.07 Å². The first-order chi connectivity index (χ1) is 13.0. The van der Waals surface area contributed by atoms with Gasteiger partial charge in [-0.2, -0.15) is 0 Å². The molecule has 3 aromatic rings. The zero-order valence-electron chi connectivity index (χ0n) is 14.9. The van der Waals surface area contributed by atoms with Crippen LogP contribution in [0.25, 0.3) is 11.1 Å². The molecule has 1 saturated carbocycles. The standard InChI is InChI=1S/C19H18N4O4/c1-10-16-14(9-15(11-6-7-11)22-18(16)27-23-10)17(24)20-12-4-3-5-13(8-12)21-19(25)26-2/h3-5,8-9,11H,6-7H2,1-2H3,(H,20,24)(H,21,25). The van der Waals surface area contributed by atoms with Gasteiger partial charge in [0.2, 0.25) is 0 Å². The number of nitrogens with zero attached hydrogens (tertiary/aromatic N) is 2. The summed E-state index contributed by atoms with van der Waals surface area (Å²) in [5, 5.41) is 9.98. The second-order valence-electron chi connectivity index (χ2n) is 6.47. The Balaban J connectivity index is 1.64. The van der Waals surface area contributed by atoms with Gasteiger partial charge in [-0.05, 0) is 44.0 Å². The van der Waals surface area contributed by atoms with Gasteiger partial charge in [0.05, 0.1) is 23.8 Å². The summed E-state index contributed by atoms with van der Waals surface area (Å²) in [4.78, 5) is 28.8. The highest BCUT2D eigenvalue weighted by molar-refractivity contribution is 6.12. The van der Waals surface area contributed by atoms with Crippen LogP contribution in [-0.2, 0) is 4.74 Å². The Morgan fingerprint density at radius 1 is 1.19 bits per heavy atom. The van der Waals surface area contributed by atoms with Gasteiger partial charge >= 0.3 is 6.09 Å². The van der Waals surface area contributed by atoms with Crippen molar-refractivity contribution in [1.29, 1.82) is 0 Å². The maximum Gasteiger partial charge on any atom is 0.411 e. The predicted octanol–water partition coefficient (Wildman–Crippen LogP) is 3.84. The van der Waals surface area contributed by atoms with Gasteiger partial charge < -0.3 is 14.6 Å². The Morgan fingerprint density at radius 3 is 2.63 bits per heavy atom. The molecule has 8 heteroatoms. The minimum absolute atomic E-state index is 0.286. The lowest BCUT2D eigenvalue weighted by Gasteiger charge is -2.10. The van der Waals surface area contributed by atoms with Crippen molar-refractivity contribution in [3.63, 3.8) is 0 Å². The van der Waals surface area contributed by atoms with Gasteiger partial charge in [-0.3, -0.25) is 10.1 Å². The molecule has 4 rings (SSSR count). The number of hydrogen-bond acceptors (Lipinski definition) is 6. The molecule has 0 bridgehead atoms. The molecule has 0 unspecified atom stereocenters. The summed E-state index contributed by atoms with van der Waals surface area (Å²) in [6, 6.07) is 8.63. The Morgan fingerprint density at radius 2 is 1.93 bits per heavy atom. The van der Waals surface area contributed by atoms with E-state index in [1.54, 1.807) is 31.2 Å². The normalized spacial score (nSPS) is 13.4. The molecule has 2 N–H and O–H groups in total. The third-order valence-electron chi connectivity index (χ3n) is 4.43. The number of anilines is 2. The Hall–Kier alpha value is -3.42. The van der Waals surface area contributed by atoms with Crippen molar-refractivity contribution in [3.05, 3.63) is 47.3 Å². The number of hydrogen-bond donors (Lipinski definition) is 2. The van der Waals surface area contributed by atoms with E-state index in [0.717, 1.165) is 18.5 Å². The van der Waals surface area contributed by atoms with Crippen molar-refractivity contribution >= 4 is 34.5 Å². The van der Waals surface area contributed by atoms with E-state index >= 15 is 0 Å². The topological polar surface area (TPSA) is 106 Å². The number of methoxy groups -OCH3 is 1. The molecule has 138 valence electrons. The number of pyridine rings is 1. The summed E-state index contributed by atoms with van der Waals surface area (Å²) in [7, 11) is 1.29. The summed E-state index contributed by atoms with van der Waals surface area (Å²) >= 11 is 0. The van der Waals surface area contributed by atoms with Crippen molar-refractivity contribution in [2.75, 3.05) is 17.7 Å². The van der Waals surface area contributed by atoms with Crippen LogP contribution in [0.5, 0.6) is 0 Å². The highest BCUT2D eigenvalue weighted by Gasteiger charge is 2.28. The minimum Gasteiger partial charge on any atom is -0.453 e. The molecule has 2 heterocycles. The number of aromatic nitrogens is 2. The van der Waals surface area contributed by atoms with Crippen molar-refractivity contribution in [3.8, 4) is 0 Å². The molecule has 1 aliphatic rings. The molecule has 1 aromatic carbocycles. The fraction of sp³-hybridized carbons (Fsp3) is 0.263.